The number of ketones is 1. The van der Waals surface area contributed by atoms with E-state index in [0.29, 0.717) is 18.7 Å². The van der Waals surface area contributed by atoms with E-state index < -0.39 is 28.2 Å². The zero-order chi connectivity index (χ0) is 30.6. The SMILES string of the molecule is CN1CCN(CCOC(=O)[C@H](Cc2ccc(NC(=O)c3c(Cl)cncc3Cl)cc2)N=C2C(Br)C(=O)C23CCCCC3)CC1. The predicted octanol–water partition coefficient (Wildman–Crippen LogP) is 5.08. The van der Waals surface area contributed by atoms with Crippen molar-refractivity contribution in [3.8, 4) is 0 Å². The van der Waals surface area contributed by atoms with E-state index >= 15 is 0 Å². The van der Waals surface area contributed by atoms with Crippen LogP contribution in [-0.2, 0) is 20.7 Å². The standard InChI is InChI=1S/C31H36BrCl2N5O4/c1-38-11-13-39(14-12-38)15-16-43-30(42)24(37-27-26(32)28(40)31(27)9-3-2-4-10-31)17-20-5-7-21(8-6-20)36-29(41)25-22(33)18-35-19-23(25)34/h5-8,18-19,24,26H,2-4,9-17H2,1H3,(H,36,41)/t24-,26?/m0/s1. The van der Waals surface area contributed by atoms with Crippen LogP contribution in [0.4, 0.5) is 5.69 Å². The summed E-state index contributed by atoms with van der Waals surface area (Å²) in [6.45, 7) is 4.83. The van der Waals surface area contributed by atoms with Crippen LogP contribution in [0.1, 0.15) is 48.0 Å². The van der Waals surface area contributed by atoms with Gasteiger partial charge in [0.2, 0.25) is 0 Å². The lowest BCUT2D eigenvalue weighted by molar-refractivity contribution is -0.145. The van der Waals surface area contributed by atoms with Gasteiger partial charge in [0, 0.05) is 62.9 Å². The molecule has 1 amide bonds. The predicted molar refractivity (Wildman–Crippen MR) is 172 cm³/mol. The van der Waals surface area contributed by atoms with Crippen LogP contribution in [-0.4, -0.2) is 95.4 Å². The number of anilines is 1. The van der Waals surface area contributed by atoms with E-state index in [1.165, 1.54) is 12.4 Å². The van der Waals surface area contributed by atoms with E-state index in [4.69, 9.17) is 32.9 Å². The van der Waals surface area contributed by atoms with Crippen LogP contribution in [0.2, 0.25) is 10.0 Å². The van der Waals surface area contributed by atoms with Gasteiger partial charge in [0.05, 0.1) is 21.0 Å². The smallest absolute Gasteiger partial charge is 0.331 e. The molecule has 3 aliphatic rings. The van der Waals surface area contributed by atoms with Crippen LogP contribution in [0.25, 0.3) is 0 Å². The highest BCUT2D eigenvalue weighted by molar-refractivity contribution is 9.10. The molecule has 2 aromatic rings. The number of aromatic nitrogens is 1. The molecule has 43 heavy (non-hydrogen) atoms. The van der Waals surface area contributed by atoms with Gasteiger partial charge in [-0.15, -0.1) is 0 Å². The number of rotatable bonds is 9. The molecule has 1 aromatic carbocycles. The number of carbonyl (C=O) groups is 3. The van der Waals surface area contributed by atoms with Crippen molar-refractivity contribution in [3.63, 3.8) is 0 Å². The van der Waals surface area contributed by atoms with Crippen molar-refractivity contribution in [2.24, 2.45) is 10.4 Å². The maximum absolute atomic E-state index is 13.5. The third kappa shape index (κ3) is 7.31. The summed E-state index contributed by atoms with van der Waals surface area (Å²) < 4.78 is 5.77. The van der Waals surface area contributed by atoms with E-state index in [9.17, 15) is 14.4 Å². The Bertz CT molecular complexity index is 1350. The summed E-state index contributed by atoms with van der Waals surface area (Å²) in [7, 11) is 2.11. The van der Waals surface area contributed by atoms with Gasteiger partial charge in [-0.1, -0.05) is 70.5 Å². The fraction of sp³-hybridized carbons (Fsp3) is 0.516. The third-order valence-corrected chi connectivity index (χ3v) is 10.1. The molecule has 1 spiro atoms. The molecule has 230 valence electrons. The summed E-state index contributed by atoms with van der Waals surface area (Å²) in [6.07, 6.45) is 7.65. The Morgan fingerprint density at radius 3 is 2.40 bits per heavy atom. The van der Waals surface area contributed by atoms with Gasteiger partial charge < -0.3 is 15.0 Å². The lowest BCUT2D eigenvalue weighted by Crippen LogP contribution is -2.61. The topological polar surface area (TPSA) is 104 Å². The van der Waals surface area contributed by atoms with Gasteiger partial charge in [0.1, 0.15) is 11.4 Å². The molecule has 2 atom stereocenters. The number of nitrogens with one attached hydrogen (secondary N) is 1. The van der Waals surface area contributed by atoms with Gasteiger partial charge in [0.15, 0.2) is 11.8 Å². The first-order valence-electron chi connectivity index (χ1n) is 14.7. The summed E-state index contributed by atoms with van der Waals surface area (Å²) >= 11 is 15.8. The molecule has 2 aliphatic carbocycles. The van der Waals surface area contributed by atoms with E-state index in [0.717, 1.165) is 69.6 Å². The molecular formula is C31H36BrCl2N5O4. The maximum atomic E-state index is 13.5. The molecule has 9 nitrogen and oxygen atoms in total. The molecule has 3 fully saturated rings. The number of Topliss-reactive ketones (excluding diaryl/α,β-unsaturated/α-hetero) is 1. The maximum Gasteiger partial charge on any atom is 0.331 e. The van der Waals surface area contributed by atoms with Crippen LogP contribution in [0, 0.1) is 5.41 Å². The molecule has 0 bridgehead atoms. The Balaban J connectivity index is 1.29. The number of carbonyl (C=O) groups excluding carboxylic acids is 3. The number of likely N-dealkylation sites (N-methyl/N-ethyl adjacent to an activating group) is 1. The molecule has 12 heteroatoms. The molecule has 2 saturated carbocycles. The second-order valence-electron chi connectivity index (χ2n) is 11.5. The molecule has 1 unspecified atom stereocenters. The monoisotopic (exact) mass is 691 g/mol. The number of alkyl halides is 1. The van der Waals surface area contributed by atoms with Gasteiger partial charge in [0.25, 0.3) is 5.91 Å². The van der Waals surface area contributed by atoms with Crippen molar-refractivity contribution in [1.82, 2.24) is 14.8 Å². The molecule has 2 heterocycles. The fourth-order valence-corrected chi connectivity index (χ4v) is 7.60. The Labute approximate surface area is 270 Å². The average Bonchev–Trinajstić information content (AvgIpc) is 3.01. The molecule has 1 aromatic heterocycles. The highest BCUT2D eigenvalue weighted by atomic mass is 79.9. The Kier molecular flexibility index (Phi) is 10.5. The number of pyridine rings is 1. The summed E-state index contributed by atoms with van der Waals surface area (Å²) in [5, 5.41) is 3.11. The van der Waals surface area contributed by atoms with Crippen LogP contribution in [0.3, 0.4) is 0 Å². The van der Waals surface area contributed by atoms with Crippen LogP contribution in [0.5, 0.6) is 0 Å². The number of benzene rings is 1. The summed E-state index contributed by atoms with van der Waals surface area (Å²) in [4.78, 5) is 52.2. The zero-order valence-corrected chi connectivity index (χ0v) is 27.3. The van der Waals surface area contributed by atoms with Crippen molar-refractivity contribution in [3.05, 3.63) is 57.8 Å². The van der Waals surface area contributed by atoms with Crippen molar-refractivity contribution in [1.29, 1.82) is 0 Å². The quantitative estimate of drug-likeness (QED) is 0.289. The largest absolute Gasteiger partial charge is 0.463 e. The van der Waals surface area contributed by atoms with Gasteiger partial charge in [-0.05, 0) is 37.6 Å². The van der Waals surface area contributed by atoms with Crippen molar-refractivity contribution >= 4 is 68.2 Å². The number of hydrogen-bond donors (Lipinski definition) is 1. The minimum absolute atomic E-state index is 0.147. The van der Waals surface area contributed by atoms with Crippen LogP contribution < -0.4 is 5.32 Å². The average molecular weight is 693 g/mol. The summed E-state index contributed by atoms with van der Waals surface area (Å²) in [5.41, 5.74) is 1.75. The fourth-order valence-electron chi connectivity index (χ4n) is 6.07. The lowest BCUT2D eigenvalue weighted by Gasteiger charge is -2.48. The van der Waals surface area contributed by atoms with E-state index in [-0.39, 0.29) is 28.0 Å². The Morgan fingerprint density at radius 1 is 1.09 bits per heavy atom. The van der Waals surface area contributed by atoms with Crippen molar-refractivity contribution < 1.29 is 19.1 Å². The van der Waals surface area contributed by atoms with Crippen LogP contribution in [0.15, 0.2) is 41.7 Å². The Morgan fingerprint density at radius 2 is 1.74 bits per heavy atom. The highest BCUT2D eigenvalue weighted by Gasteiger charge is 2.58. The first kappa shape index (κ1) is 32.0. The highest BCUT2D eigenvalue weighted by Crippen LogP contribution is 2.49. The molecular weight excluding hydrogens is 657 g/mol. The number of amides is 1. The molecule has 0 radical (unpaired) electrons. The minimum Gasteiger partial charge on any atom is -0.463 e. The van der Waals surface area contributed by atoms with Gasteiger partial charge in [-0.25, -0.2) is 4.79 Å². The normalized spacial score (nSPS) is 22.3. The first-order valence-corrected chi connectivity index (χ1v) is 16.4. The number of nitrogens with zero attached hydrogens (tertiary/aromatic N) is 4. The van der Waals surface area contributed by atoms with Gasteiger partial charge in [-0.3, -0.25) is 24.5 Å². The number of esters is 1. The Hall–Kier alpha value is -2.37. The number of hydrogen-bond acceptors (Lipinski definition) is 8. The molecule has 5 rings (SSSR count). The number of piperazine rings is 1. The first-order chi connectivity index (χ1) is 20.7. The molecule has 1 N–H and O–H groups in total. The summed E-state index contributed by atoms with van der Waals surface area (Å²) in [5.74, 6) is -0.678. The number of halogens is 3. The van der Waals surface area contributed by atoms with Crippen LogP contribution >= 0.6 is 39.1 Å². The second kappa shape index (κ2) is 14.2. The second-order valence-corrected chi connectivity index (χ2v) is 13.3. The zero-order valence-electron chi connectivity index (χ0n) is 24.2. The van der Waals surface area contributed by atoms with E-state index in [1.54, 1.807) is 12.1 Å². The molecule has 1 saturated heterocycles. The molecule has 1 aliphatic heterocycles. The van der Waals surface area contributed by atoms with Gasteiger partial charge in [-0.2, -0.15) is 0 Å². The summed E-state index contributed by atoms with van der Waals surface area (Å²) in [6, 6.07) is 6.39. The minimum atomic E-state index is -0.788. The van der Waals surface area contributed by atoms with Crippen molar-refractivity contribution in [2.45, 2.75) is 49.4 Å². The van der Waals surface area contributed by atoms with Gasteiger partial charge >= 0.3 is 5.97 Å². The number of aliphatic imine (C=N–C) groups is 1. The van der Waals surface area contributed by atoms with E-state index in [1.807, 2.05) is 12.1 Å². The van der Waals surface area contributed by atoms with E-state index in [2.05, 4.69) is 43.1 Å². The number of ether oxygens (including phenoxy) is 1. The lowest BCUT2D eigenvalue weighted by atomic mass is 9.58. The van der Waals surface area contributed by atoms with Crippen molar-refractivity contribution in [2.75, 3.05) is 51.7 Å². The third-order valence-electron chi connectivity index (χ3n) is 8.68.